The summed E-state index contributed by atoms with van der Waals surface area (Å²) >= 11 is 1.48. The lowest BCUT2D eigenvalue weighted by atomic mass is 10.0. The predicted molar refractivity (Wildman–Crippen MR) is 113 cm³/mol. The molecular weight excluding hydrogens is 366 g/mol. The van der Waals surface area contributed by atoms with Crippen LogP contribution in [0.2, 0.25) is 0 Å². The molecule has 0 spiro atoms. The summed E-state index contributed by atoms with van der Waals surface area (Å²) in [4.78, 5) is 17.5. The summed E-state index contributed by atoms with van der Waals surface area (Å²) in [6, 6.07) is 18.0. The molecule has 0 fully saturated rings. The average molecular weight is 385 g/mol. The highest BCUT2D eigenvalue weighted by molar-refractivity contribution is 8.00. The van der Waals surface area contributed by atoms with E-state index in [-0.39, 0.29) is 5.78 Å². The van der Waals surface area contributed by atoms with E-state index in [9.17, 15) is 10.1 Å². The molecule has 0 aliphatic heterocycles. The first-order chi connectivity index (χ1) is 13.5. The number of Topliss-reactive ketones (excluding diaryl/α,β-unsaturated/α-hetero) is 1. The monoisotopic (exact) mass is 385 g/mol. The predicted octanol–water partition coefficient (Wildman–Crippen LogP) is 5.26. The van der Waals surface area contributed by atoms with Gasteiger partial charge in [-0.3, -0.25) is 9.20 Å². The van der Waals surface area contributed by atoms with Crippen molar-refractivity contribution in [3.05, 3.63) is 76.3 Å². The summed E-state index contributed by atoms with van der Waals surface area (Å²) < 4.78 is 1.99. The molecule has 2 aromatic heterocycles. The number of carbonyl (C=O) groups is 1. The molecule has 138 valence electrons. The van der Waals surface area contributed by atoms with Gasteiger partial charge in [0.25, 0.3) is 0 Å². The lowest BCUT2D eigenvalue weighted by Crippen LogP contribution is -2.06. The molecule has 0 radical (unpaired) electrons. The summed E-state index contributed by atoms with van der Waals surface area (Å²) in [6.07, 6.45) is 0. The van der Waals surface area contributed by atoms with Crippen LogP contribution in [0.4, 0.5) is 0 Å². The van der Waals surface area contributed by atoms with Crippen molar-refractivity contribution >= 4 is 34.2 Å². The van der Waals surface area contributed by atoms with E-state index >= 15 is 0 Å². The van der Waals surface area contributed by atoms with Crippen LogP contribution in [-0.2, 0) is 0 Å². The molecule has 4 rings (SSSR count). The molecule has 0 atom stereocenters. The van der Waals surface area contributed by atoms with Crippen LogP contribution in [0.25, 0.3) is 16.7 Å². The summed E-state index contributed by atoms with van der Waals surface area (Å²) in [5.74, 6) is 0.433. The van der Waals surface area contributed by atoms with Gasteiger partial charge >= 0.3 is 0 Å². The molecule has 0 amide bonds. The molecule has 2 aromatic carbocycles. The Labute approximate surface area is 167 Å². The van der Waals surface area contributed by atoms with Crippen molar-refractivity contribution < 1.29 is 4.79 Å². The molecule has 5 heteroatoms. The summed E-state index contributed by atoms with van der Waals surface area (Å²) in [5.41, 5.74) is 6.70. The van der Waals surface area contributed by atoms with Gasteiger partial charge in [0.1, 0.15) is 6.07 Å². The number of thioether (sulfide) groups is 1. The molecule has 2 heterocycles. The zero-order valence-electron chi connectivity index (χ0n) is 16.0. The minimum atomic E-state index is 0.103. The van der Waals surface area contributed by atoms with Gasteiger partial charge in [0.15, 0.2) is 11.4 Å². The average Bonchev–Trinajstić information content (AvgIpc) is 3.07. The molecule has 0 aliphatic carbocycles. The summed E-state index contributed by atoms with van der Waals surface area (Å²) in [5, 5.41) is 10.5. The Morgan fingerprint density at radius 3 is 2.68 bits per heavy atom. The fourth-order valence-corrected chi connectivity index (χ4v) is 4.42. The van der Waals surface area contributed by atoms with E-state index in [0.29, 0.717) is 17.0 Å². The van der Waals surface area contributed by atoms with Gasteiger partial charge < -0.3 is 0 Å². The molecule has 0 aliphatic rings. The van der Waals surface area contributed by atoms with Crippen molar-refractivity contribution in [2.75, 3.05) is 5.75 Å². The summed E-state index contributed by atoms with van der Waals surface area (Å²) in [6.45, 7) is 5.87. The maximum absolute atomic E-state index is 12.8. The zero-order valence-corrected chi connectivity index (χ0v) is 16.8. The number of benzene rings is 2. The minimum absolute atomic E-state index is 0.103. The smallest absolute Gasteiger partial charge is 0.173 e. The van der Waals surface area contributed by atoms with E-state index < -0.39 is 0 Å². The van der Waals surface area contributed by atoms with Crippen LogP contribution >= 0.6 is 11.8 Å². The molecule has 0 N–H and O–H groups in total. The Kier molecular flexibility index (Phi) is 4.66. The van der Waals surface area contributed by atoms with Crippen LogP contribution in [0.15, 0.2) is 53.6 Å². The van der Waals surface area contributed by atoms with Gasteiger partial charge in [0.05, 0.1) is 27.4 Å². The van der Waals surface area contributed by atoms with Crippen molar-refractivity contribution in [1.29, 1.82) is 5.26 Å². The van der Waals surface area contributed by atoms with Gasteiger partial charge in [-0.25, -0.2) is 4.98 Å². The number of rotatable bonds is 4. The quantitative estimate of drug-likeness (QED) is 0.355. The third kappa shape index (κ3) is 3.06. The highest BCUT2D eigenvalue weighted by Gasteiger charge is 2.17. The number of hydrogen-bond acceptors (Lipinski definition) is 4. The molecule has 0 saturated heterocycles. The third-order valence-electron chi connectivity index (χ3n) is 4.90. The first kappa shape index (κ1) is 18.3. The van der Waals surface area contributed by atoms with E-state index in [1.165, 1.54) is 11.8 Å². The number of nitrogens with zero attached hydrogens (tertiary/aromatic N) is 3. The number of imidazole rings is 1. The number of aromatic nitrogens is 2. The minimum Gasteiger partial charge on any atom is -0.293 e. The molecular formula is C23H19N3OS. The van der Waals surface area contributed by atoms with Gasteiger partial charge in [-0.2, -0.15) is 5.26 Å². The number of nitriles is 1. The number of ketones is 1. The first-order valence-electron chi connectivity index (χ1n) is 9.03. The van der Waals surface area contributed by atoms with Crippen LogP contribution in [0, 0.1) is 32.1 Å². The highest BCUT2D eigenvalue weighted by atomic mass is 32.2. The van der Waals surface area contributed by atoms with Crippen molar-refractivity contribution in [3.63, 3.8) is 0 Å². The van der Waals surface area contributed by atoms with E-state index in [2.05, 4.69) is 11.1 Å². The third-order valence-corrected chi connectivity index (χ3v) is 5.90. The second-order valence-corrected chi connectivity index (χ2v) is 7.94. The van der Waals surface area contributed by atoms with Crippen molar-refractivity contribution in [1.82, 2.24) is 9.38 Å². The van der Waals surface area contributed by atoms with Gasteiger partial charge in [0.2, 0.25) is 0 Å². The van der Waals surface area contributed by atoms with Crippen LogP contribution < -0.4 is 0 Å². The van der Waals surface area contributed by atoms with Crippen molar-refractivity contribution in [2.24, 2.45) is 0 Å². The van der Waals surface area contributed by atoms with E-state index in [1.807, 2.05) is 73.7 Å². The second-order valence-electron chi connectivity index (χ2n) is 6.94. The number of hydrogen-bond donors (Lipinski definition) is 0. The van der Waals surface area contributed by atoms with E-state index in [1.54, 1.807) is 0 Å². The Morgan fingerprint density at radius 2 is 1.89 bits per heavy atom. The normalized spacial score (nSPS) is 11.1. The largest absolute Gasteiger partial charge is 0.293 e. The van der Waals surface area contributed by atoms with E-state index in [0.717, 1.165) is 38.3 Å². The topological polar surface area (TPSA) is 58.2 Å². The van der Waals surface area contributed by atoms with Gasteiger partial charge in [-0.15, -0.1) is 0 Å². The number of aryl methyl sites for hydroxylation is 3. The number of para-hydroxylation sites is 2. The standard InChI is InChI=1S/C23H19N3OS/c1-14-8-9-15(2)17(10-14)21(27)13-28-22-11-16(3)18(12-24)23-25-19-6-4-5-7-20(19)26(22)23/h4-11H,13H2,1-3H3. The second kappa shape index (κ2) is 7.14. The summed E-state index contributed by atoms with van der Waals surface area (Å²) in [7, 11) is 0. The molecule has 0 saturated carbocycles. The Morgan fingerprint density at radius 1 is 1.11 bits per heavy atom. The fraction of sp³-hybridized carbons (Fsp3) is 0.174. The Bertz CT molecular complexity index is 1280. The number of pyridine rings is 1. The molecule has 4 aromatic rings. The van der Waals surface area contributed by atoms with Crippen LogP contribution in [-0.4, -0.2) is 20.9 Å². The molecule has 4 nitrogen and oxygen atoms in total. The Hall–Kier alpha value is -3.10. The lowest BCUT2D eigenvalue weighted by molar-refractivity contribution is 0.102. The maximum atomic E-state index is 12.8. The molecule has 28 heavy (non-hydrogen) atoms. The zero-order chi connectivity index (χ0) is 19.8. The van der Waals surface area contributed by atoms with Crippen LogP contribution in [0.5, 0.6) is 0 Å². The SMILES string of the molecule is Cc1ccc(C)c(C(=O)CSc2cc(C)c(C#N)c3nc4ccccc4n23)c1. The first-order valence-corrected chi connectivity index (χ1v) is 10.0. The van der Waals surface area contributed by atoms with E-state index in [4.69, 9.17) is 0 Å². The van der Waals surface area contributed by atoms with Crippen molar-refractivity contribution in [3.8, 4) is 6.07 Å². The van der Waals surface area contributed by atoms with Crippen LogP contribution in [0.1, 0.15) is 32.6 Å². The van der Waals surface area contributed by atoms with Crippen molar-refractivity contribution in [2.45, 2.75) is 25.8 Å². The number of fused-ring (bicyclic) bond motifs is 3. The lowest BCUT2D eigenvalue weighted by Gasteiger charge is -2.10. The fourth-order valence-electron chi connectivity index (χ4n) is 3.41. The number of carbonyl (C=O) groups excluding carboxylic acids is 1. The van der Waals surface area contributed by atoms with Gasteiger partial charge in [-0.1, -0.05) is 41.6 Å². The molecule has 0 unspecified atom stereocenters. The van der Waals surface area contributed by atoms with Crippen LogP contribution in [0.3, 0.4) is 0 Å². The van der Waals surface area contributed by atoms with Gasteiger partial charge in [-0.05, 0) is 56.2 Å². The highest BCUT2D eigenvalue weighted by Crippen LogP contribution is 2.30. The van der Waals surface area contributed by atoms with Gasteiger partial charge in [0, 0.05) is 5.56 Å². The maximum Gasteiger partial charge on any atom is 0.173 e. The molecule has 0 bridgehead atoms. The Balaban J connectivity index is 1.78.